The second-order valence-corrected chi connectivity index (χ2v) is 6.59. The van der Waals surface area contributed by atoms with Crippen LogP contribution in [-0.4, -0.2) is 38.4 Å². The zero-order valence-electron chi connectivity index (χ0n) is 15.4. The van der Waals surface area contributed by atoms with Crippen molar-refractivity contribution in [2.45, 2.75) is 19.1 Å². The average Bonchev–Trinajstić information content (AvgIpc) is 3.26. The molecule has 0 aromatic heterocycles. The largest absolute Gasteiger partial charge is 0.469 e. The first-order valence-corrected chi connectivity index (χ1v) is 9.12. The Hall–Kier alpha value is -2.50. The van der Waals surface area contributed by atoms with E-state index in [1.165, 1.54) is 7.11 Å². The summed E-state index contributed by atoms with van der Waals surface area (Å²) in [4.78, 5) is 25.3. The predicted octanol–water partition coefficient (Wildman–Crippen LogP) is 3.28. The van der Waals surface area contributed by atoms with Crippen LogP contribution in [0, 0.1) is 11.8 Å². The van der Waals surface area contributed by atoms with Crippen molar-refractivity contribution in [1.82, 2.24) is 0 Å². The van der Waals surface area contributed by atoms with Crippen LogP contribution in [0.15, 0.2) is 60.7 Å². The van der Waals surface area contributed by atoms with Gasteiger partial charge in [-0.05, 0) is 12.0 Å². The Morgan fingerprint density at radius 2 is 1.59 bits per heavy atom. The molecular formula is C22H24O5. The molecule has 0 amide bonds. The molecule has 2 aromatic carbocycles. The zero-order valence-corrected chi connectivity index (χ0v) is 15.4. The molecule has 1 aliphatic rings. The highest BCUT2D eigenvalue weighted by molar-refractivity contribution is 5.98. The number of hydrogen-bond acceptors (Lipinski definition) is 5. The molecule has 2 aromatic rings. The summed E-state index contributed by atoms with van der Waals surface area (Å²) < 4.78 is 16.4. The second kappa shape index (κ2) is 9.44. The van der Waals surface area contributed by atoms with E-state index < -0.39 is 18.2 Å². The van der Waals surface area contributed by atoms with E-state index in [1.807, 2.05) is 48.5 Å². The third-order valence-corrected chi connectivity index (χ3v) is 4.83. The predicted molar refractivity (Wildman–Crippen MR) is 100 cm³/mol. The molecule has 3 rings (SSSR count). The van der Waals surface area contributed by atoms with Crippen LogP contribution in [0.1, 0.15) is 22.3 Å². The summed E-state index contributed by atoms with van der Waals surface area (Å²) in [5, 5.41) is 0. The zero-order chi connectivity index (χ0) is 19.1. The van der Waals surface area contributed by atoms with Crippen LogP contribution in [0.3, 0.4) is 0 Å². The number of ether oxygens (including phenoxy) is 3. The highest BCUT2D eigenvalue weighted by Crippen LogP contribution is 2.31. The molecule has 0 unspecified atom stereocenters. The Morgan fingerprint density at radius 1 is 1.00 bits per heavy atom. The number of carbonyl (C=O) groups is 2. The maximum Gasteiger partial charge on any atom is 0.309 e. The van der Waals surface area contributed by atoms with Crippen molar-refractivity contribution in [3.8, 4) is 0 Å². The number of Topliss-reactive ketones (excluding diaryl/α,β-unsaturated/α-hetero) is 1. The van der Waals surface area contributed by atoms with Crippen molar-refractivity contribution in [3.05, 3.63) is 71.8 Å². The topological polar surface area (TPSA) is 61.8 Å². The Labute approximate surface area is 159 Å². The van der Waals surface area contributed by atoms with E-state index in [9.17, 15) is 9.59 Å². The molecule has 0 N–H and O–H groups in total. The van der Waals surface area contributed by atoms with Crippen molar-refractivity contribution >= 4 is 11.8 Å². The van der Waals surface area contributed by atoms with Crippen LogP contribution in [0.2, 0.25) is 0 Å². The smallest absolute Gasteiger partial charge is 0.309 e. The van der Waals surface area contributed by atoms with Crippen molar-refractivity contribution < 1.29 is 23.8 Å². The van der Waals surface area contributed by atoms with Gasteiger partial charge in [-0.1, -0.05) is 60.7 Å². The summed E-state index contributed by atoms with van der Waals surface area (Å²) in [5.41, 5.74) is 1.64. The fourth-order valence-electron chi connectivity index (χ4n) is 3.44. The first-order valence-electron chi connectivity index (χ1n) is 9.12. The molecule has 5 heteroatoms. The third kappa shape index (κ3) is 5.02. The molecule has 1 saturated heterocycles. The highest BCUT2D eigenvalue weighted by atomic mass is 16.7. The van der Waals surface area contributed by atoms with Crippen molar-refractivity contribution in [1.29, 1.82) is 0 Å². The lowest BCUT2D eigenvalue weighted by atomic mass is 9.82. The Bertz CT molecular complexity index is 738. The van der Waals surface area contributed by atoms with E-state index in [-0.39, 0.29) is 18.1 Å². The van der Waals surface area contributed by atoms with Gasteiger partial charge in [-0.25, -0.2) is 0 Å². The molecule has 5 nitrogen and oxygen atoms in total. The summed E-state index contributed by atoms with van der Waals surface area (Å²) in [6.45, 7) is 0.965. The normalized spacial score (nSPS) is 16.6. The van der Waals surface area contributed by atoms with Gasteiger partial charge in [0.1, 0.15) is 0 Å². The van der Waals surface area contributed by atoms with Gasteiger partial charge in [0.25, 0.3) is 0 Å². The minimum atomic E-state index is -0.647. The number of rotatable bonds is 8. The van der Waals surface area contributed by atoms with Crippen LogP contribution in [-0.2, 0) is 25.4 Å². The number of esters is 1. The minimum absolute atomic E-state index is 0.0530. The van der Waals surface area contributed by atoms with Crippen LogP contribution in [0.25, 0.3) is 0 Å². The Kier molecular flexibility index (Phi) is 6.74. The lowest BCUT2D eigenvalue weighted by molar-refractivity contribution is -0.156. The molecule has 1 aliphatic heterocycles. The molecule has 0 bridgehead atoms. The van der Waals surface area contributed by atoms with E-state index in [0.717, 1.165) is 5.56 Å². The van der Waals surface area contributed by atoms with Crippen molar-refractivity contribution in [2.24, 2.45) is 11.8 Å². The molecule has 2 atom stereocenters. The fraction of sp³-hybridized carbons (Fsp3) is 0.364. The van der Waals surface area contributed by atoms with E-state index in [4.69, 9.17) is 14.2 Å². The van der Waals surface area contributed by atoms with Gasteiger partial charge in [0, 0.05) is 17.9 Å². The quantitative estimate of drug-likeness (QED) is 0.529. The summed E-state index contributed by atoms with van der Waals surface area (Å²) in [7, 11) is 1.35. The molecule has 0 radical (unpaired) electrons. The highest BCUT2D eigenvalue weighted by Gasteiger charge is 2.39. The SMILES string of the molecule is COC(=O)[C@@H](CC(=O)c1ccccc1)[C@@H](Cc1ccccc1)C1OCCO1. The minimum Gasteiger partial charge on any atom is -0.469 e. The summed E-state index contributed by atoms with van der Waals surface area (Å²) in [5.74, 6) is -1.47. The molecule has 142 valence electrons. The summed E-state index contributed by atoms with van der Waals surface area (Å²) in [6, 6.07) is 18.8. The van der Waals surface area contributed by atoms with Gasteiger partial charge in [-0.2, -0.15) is 0 Å². The maximum atomic E-state index is 12.8. The molecule has 0 spiro atoms. The van der Waals surface area contributed by atoms with Crippen LogP contribution in [0.4, 0.5) is 0 Å². The Morgan fingerprint density at radius 3 is 2.19 bits per heavy atom. The van der Waals surface area contributed by atoms with Gasteiger partial charge in [0.2, 0.25) is 0 Å². The van der Waals surface area contributed by atoms with Crippen LogP contribution in [0.5, 0.6) is 0 Å². The van der Waals surface area contributed by atoms with Gasteiger partial charge < -0.3 is 14.2 Å². The summed E-state index contributed by atoms with van der Waals surface area (Å²) in [6.07, 6.45) is 0.0861. The number of methoxy groups -OCH3 is 1. The first-order chi connectivity index (χ1) is 13.2. The van der Waals surface area contributed by atoms with Gasteiger partial charge in [-0.3, -0.25) is 9.59 Å². The lowest BCUT2D eigenvalue weighted by Gasteiger charge is -2.28. The van der Waals surface area contributed by atoms with Gasteiger partial charge in [0.05, 0.1) is 26.2 Å². The molecule has 27 heavy (non-hydrogen) atoms. The molecule has 1 fully saturated rings. The van der Waals surface area contributed by atoms with Crippen molar-refractivity contribution in [3.63, 3.8) is 0 Å². The average molecular weight is 368 g/mol. The number of ketones is 1. The van der Waals surface area contributed by atoms with E-state index in [1.54, 1.807) is 12.1 Å². The molecule has 0 aliphatic carbocycles. The molecular weight excluding hydrogens is 344 g/mol. The van der Waals surface area contributed by atoms with Crippen LogP contribution < -0.4 is 0 Å². The third-order valence-electron chi connectivity index (χ3n) is 4.83. The fourth-order valence-corrected chi connectivity index (χ4v) is 3.44. The standard InChI is InChI=1S/C22H24O5/c1-25-21(24)18(15-20(23)17-10-6-3-7-11-17)19(22-26-12-13-27-22)14-16-8-4-2-5-9-16/h2-11,18-19,22H,12-15H2,1H3/t18-,19+/m0/s1. The maximum absolute atomic E-state index is 12.8. The summed E-state index contributed by atoms with van der Waals surface area (Å²) >= 11 is 0. The molecule has 0 saturated carbocycles. The van der Waals surface area contributed by atoms with E-state index >= 15 is 0 Å². The van der Waals surface area contributed by atoms with Gasteiger partial charge >= 0.3 is 5.97 Å². The number of carbonyl (C=O) groups excluding carboxylic acids is 2. The van der Waals surface area contributed by atoms with Gasteiger partial charge in [-0.15, -0.1) is 0 Å². The van der Waals surface area contributed by atoms with Crippen LogP contribution >= 0.6 is 0 Å². The van der Waals surface area contributed by atoms with Gasteiger partial charge in [0.15, 0.2) is 12.1 Å². The second-order valence-electron chi connectivity index (χ2n) is 6.59. The van der Waals surface area contributed by atoms with Crippen molar-refractivity contribution in [2.75, 3.05) is 20.3 Å². The molecule has 1 heterocycles. The monoisotopic (exact) mass is 368 g/mol. The first kappa shape index (κ1) is 19.3. The lowest BCUT2D eigenvalue weighted by Crippen LogP contribution is -2.37. The number of hydrogen-bond donors (Lipinski definition) is 0. The van der Waals surface area contributed by atoms with E-state index in [0.29, 0.717) is 25.2 Å². The Balaban J connectivity index is 1.85. The number of benzene rings is 2. The van der Waals surface area contributed by atoms with E-state index in [2.05, 4.69) is 0 Å².